The van der Waals surface area contributed by atoms with Gasteiger partial charge < -0.3 is 15.7 Å². The van der Waals surface area contributed by atoms with E-state index >= 15 is 0 Å². The number of carbonyl (C=O) groups excluding carboxylic acids is 2. The second-order valence-corrected chi connectivity index (χ2v) is 5.33. The van der Waals surface area contributed by atoms with E-state index in [4.69, 9.17) is 10.8 Å². The van der Waals surface area contributed by atoms with E-state index < -0.39 is 6.61 Å². The lowest BCUT2D eigenvalue weighted by molar-refractivity contribution is -0.135. The van der Waals surface area contributed by atoms with E-state index in [-0.39, 0.29) is 11.8 Å². The first-order chi connectivity index (χ1) is 10.1. The van der Waals surface area contributed by atoms with Gasteiger partial charge in [0, 0.05) is 36.8 Å². The molecule has 3 N–H and O–H groups in total. The van der Waals surface area contributed by atoms with Crippen LogP contribution in [-0.4, -0.2) is 46.5 Å². The SMILES string of the molecule is NC(=O)CCc1cccc(C2CCN(C(=O)CO)CC2)n1. The maximum atomic E-state index is 11.4. The van der Waals surface area contributed by atoms with Gasteiger partial charge in [-0.25, -0.2) is 0 Å². The maximum Gasteiger partial charge on any atom is 0.248 e. The normalized spacial score (nSPS) is 16.0. The Hall–Kier alpha value is -1.95. The number of carbonyl (C=O) groups is 2. The van der Waals surface area contributed by atoms with Crippen molar-refractivity contribution in [3.8, 4) is 0 Å². The fourth-order valence-electron chi connectivity index (χ4n) is 2.64. The molecule has 21 heavy (non-hydrogen) atoms. The molecule has 1 aromatic heterocycles. The van der Waals surface area contributed by atoms with Crippen LogP contribution in [0.3, 0.4) is 0 Å². The van der Waals surface area contributed by atoms with Gasteiger partial charge in [0.1, 0.15) is 6.61 Å². The van der Waals surface area contributed by atoms with Gasteiger partial charge in [-0.05, 0) is 31.4 Å². The summed E-state index contributed by atoms with van der Waals surface area (Å²) in [6.45, 7) is 0.875. The van der Waals surface area contributed by atoms with Crippen molar-refractivity contribution in [2.24, 2.45) is 5.73 Å². The monoisotopic (exact) mass is 291 g/mol. The molecule has 0 atom stereocenters. The molecule has 6 heteroatoms. The van der Waals surface area contributed by atoms with Gasteiger partial charge in [0.05, 0.1) is 0 Å². The van der Waals surface area contributed by atoms with E-state index in [2.05, 4.69) is 4.98 Å². The smallest absolute Gasteiger partial charge is 0.248 e. The molecule has 2 rings (SSSR count). The first-order valence-corrected chi connectivity index (χ1v) is 7.23. The molecule has 0 aromatic carbocycles. The first kappa shape index (κ1) is 15.4. The van der Waals surface area contributed by atoms with E-state index in [1.807, 2.05) is 18.2 Å². The van der Waals surface area contributed by atoms with Crippen LogP contribution in [0.4, 0.5) is 0 Å². The number of likely N-dealkylation sites (tertiary alicyclic amines) is 1. The van der Waals surface area contributed by atoms with Gasteiger partial charge in [0.2, 0.25) is 11.8 Å². The number of nitrogens with two attached hydrogens (primary N) is 1. The van der Waals surface area contributed by atoms with E-state index in [0.29, 0.717) is 31.8 Å². The van der Waals surface area contributed by atoms with Gasteiger partial charge in [-0.15, -0.1) is 0 Å². The second kappa shape index (κ2) is 7.17. The Labute approximate surface area is 124 Å². The third kappa shape index (κ3) is 4.26. The number of pyridine rings is 1. The van der Waals surface area contributed by atoms with Crippen molar-refractivity contribution in [1.29, 1.82) is 0 Å². The Bertz CT molecular complexity index is 511. The topological polar surface area (TPSA) is 96.5 Å². The number of hydrogen-bond acceptors (Lipinski definition) is 4. The number of primary amides is 1. The molecule has 0 radical (unpaired) electrons. The highest BCUT2D eigenvalue weighted by molar-refractivity contribution is 5.77. The third-order valence-electron chi connectivity index (χ3n) is 3.86. The summed E-state index contributed by atoms with van der Waals surface area (Å²) >= 11 is 0. The summed E-state index contributed by atoms with van der Waals surface area (Å²) in [7, 11) is 0. The van der Waals surface area contributed by atoms with Crippen LogP contribution in [-0.2, 0) is 16.0 Å². The molecular formula is C15H21N3O3. The highest BCUT2D eigenvalue weighted by atomic mass is 16.3. The Kier molecular flexibility index (Phi) is 5.27. The molecule has 0 unspecified atom stereocenters. The minimum absolute atomic E-state index is 0.211. The molecule has 0 spiro atoms. The molecule has 0 bridgehead atoms. The molecule has 2 amide bonds. The van der Waals surface area contributed by atoms with Crippen LogP contribution in [0.15, 0.2) is 18.2 Å². The van der Waals surface area contributed by atoms with Gasteiger partial charge in [0.15, 0.2) is 0 Å². The van der Waals surface area contributed by atoms with Crippen LogP contribution < -0.4 is 5.73 Å². The van der Waals surface area contributed by atoms with Crippen LogP contribution in [0.5, 0.6) is 0 Å². The lowest BCUT2D eigenvalue weighted by Crippen LogP contribution is -2.39. The van der Waals surface area contributed by atoms with Crippen molar-refractivity contribution in [2.45, 2.75) is 31.6 Å². The summed E-state index contributed by atoms with van der Waals surface area (Å²) < 4.78 is 0. The number of amides is 2. The predicted molar refractivity (Wildman–Crippen MR) is 77.4 cm³/mol. The standard InChI is InChI=1S/C15H21N3O3/c16-14(20)5-4-12-2-1-3-13(17-12)11-6-8-18(9-7-11)15(21)10-19/h1-3,11,19H,4-10H2,(H2,16,20). The number of aliphatic hydroxyl groups is 1. The highest BCUT2D eigenvalue weighted by Crippen LogP contribution is 2.26. The lowest BCUT2D eigenvalue weighted by Gasteiger charge is -2.31. The Morgan fingerprint density at radius 1 is 1.33 bits per heavy atom. The fourth-order valence-corrected chi connectivity index (χ4v) is 2.64. The van der Waals surface area contributed by atoms with E-state index in [9.17, 15) is 9.59 Å². The zero-order valence-corrected chi connectivity index (χ0v) is 12.0. The van der Waals surface area contributed by atoms with Crippen LogP contribution >= 0.6 is 0 Å². The first-order valence-electron chi connectivity index (χ1n) is 7.23. The van der Waals surface area contributed by atoms with Crippen molar-refractivity contribution in [3.05, 3.63) is 29.6 Å². The molecule has 1 aliphatic rings. The van der Waals surface area contributed by atoms with Gasteiger partial charge in [-0.2, -0.15) is 0 Å². The second-order valence-electron chi connectivity index (χ2n) is 5.33. The Morgan fingerprint density at radius 2 is 2.05 bits per heavy atom. The number of aryl methyl sites for hydroxylation is 1. The van der Waals surface area contributed by atoms with Gasteiger partial charge in [0.25, 0.3) is 0 Å². The molecule has 6 nitrogen and oxygen atoms in total. The number of piperidine rings is 1. The fraction of sp³-hybridized carbons (Fsp3) is 0.533. The number of nitrogens with zero attached hydrogens (tertiary/aromatic N) is 2. The van der Waals surface area contributed by atoms with E-state index in [1.165, 1.54) is 0 Å². The molecule has 114 valence electrons. The summed E-state index contributed by atoms with van der Waals surface area (Å²) in [5, 5.41) is 8.87. The Morgan fingerprint density at radius 3 is 2.67 bits per heavy atom. The Balaban J connectivity index is 1.95. The van der Waals surface area contributed by atoms with Gasteiger partial charge >= 0.3 is 0 Å². The molecule has 1 fully saturated rings. The van der Waals surface area contributed by atoms with Crippen LogP contribution in [0.1, 0.15) is 36.6 Å². The molecule has 0 saturated carbocycles. The average Bonchev–Trinajstić information content (AvgIpc) is 2.52. The van der Waals surface area contributed by atoms with Crippen molar-refractivity contribution in [1.82, 2.24) is 9.88 Å². The van der Waals surface area contributed by atoms with Crippen LogP contribution in [0.2, 0.25) is 0 Å². The molecule has 0 aliphatic carbocycles. The number of hydrogen-bond donors (Lipinski definition) is 2. The summed E-state index contributed by atoms with van der Waals surface area (Å²) in [5.41, 5.74) is 7.04. The van der Waals surface area contributed by atoms with Crippen molar-refractivity contribution in [3.63, 3.8) is 0 Å². The zero-order chi connectivity index (χ0) is 15.2. The molecule has 2 heterocycles. The largest absolute Gasteiger partial charge is 0.387 e. The third-order valence-corrected chi connectivity index (χ3v) is 3.86. The summed E-state index contributed by atoms with van der Waals surface area (Å²) in [6, 6.07) is 5.84. The zero-order valence-electron chi connectivity index (χ0n) is 12.0. The number of aliphatic hydroxyl groups excluding tert-OH is 1. The van der Waals surface area contributed by atoms with Crippen LogP contribution in [0, 0.1) is 0 Å². The van der Waals surface area contributed by atoms with Crippen molar-refractivity contribution < 1.29 is 14.7 Å². The summed E-state index contributed by atoms with van der Waals surface area (Å²) in [4.78, 5) is 28.5. The molecule has 1 aliphatic heterocycles. The average molecular weight is 291 g/mol. The van der Waals surface area contributed by atoms with Gasteiger partial charge in [-0.3, -0.25) is 14.6 Å². The van der Waals surface area contributed by atoms with Gasteiger partial charge in [-0.1, -0.05) is 6.07 Å². The van der Waals surface area contributed by atoms with E-state index in [0.717, 1.165) is 24.2 Å². The maximum absolute atomic E-state index is 11.4. The minimum atomic E-state index is -0.425. The molecule has 1 aromatic rings. The van der Waals surface area contributed by atoms with E-state index in [1.54, 1.807) is 4.90 Å². The van der Waals surface area contributed by atoms with Crippen molar-refractivity contribution in [2.75, 3.05) is 19.7 Å². The number of rotatable bonds is 5. The molecule has 1 saturated heterocycles. The molecular weight excluding hydrogens is 270 g/mol. The predicted octanol–water partition coefficient (Wildman–Crippen LogP) is 0.198. The lowest BCUT2D eigenvalue weighted by atomic mass is 9.92. The minimum Gasteiger partial charge on any atom is -0.387 e. The number of aromatic nitrogens is 1. The highest BCUT2D eigenvalue weighted by Gasteiger charge is 2.24. The summed E-state index contributed by atoms with van der Waals surface area (Å²) in [6.07, 6.45) is 2.56. The quantitative estimate of drug-likeness (QED) is 0.809. The van der Waals surface area contributed by atoms with Crippen molar-refractivity contribution >= 4 is 11.8 Å². The van der Waals surface area contributed by atoms with Crippen LogP contribution in [0.25, 0.3) is 0 Å². The summed E-state index contributed by atoms with van der Waals surface area (Å²) in [5.74, 6) is -0.212.